The van der Waals surface area contributed by atoms with Crippen molar-refractivity contribution in [2.75, 3.05) is 24.5 Å². The quantitative estimate of drug-likeness (QED) is 0.662. The third-order valence-corrected chi connectivity index (χ3v) is 6.09. The Labute approximate surface area is 176 Å². The van der Waals surface area contributed by atoms with Crippen LogP contribution in [0, 0.1) is 5.92 Å². The van der Waals surface area contributed by atoms with Gasteiger partial charge >= 0.3 is 0 Å². The van der Waals surface area contributed by atoms with Crippen LogP contribution in [-0.2, 0) is 17.8 Å². The third-order valence-electron chi connectivity index (χ3n) is 6.09. The standard InChI is InChI=1S/C24H26N4O2/c29-24(28-15-7-11-18-8-4-5-13-21(18)28)20-12-6-14-27(16-20)17-22-25-23(26-30-22)19-9-2-1-3-10-19/h1-5,8-10,13,20H,6-7,11-12,14-17H2. The van der Waals surface area contributed by atoms with Gasteiger partial charge in [0.25, 0.3) is 0 Å². The van der Waals surface area contributed by atoms with Crippen LogP contribution >= 0.6 is 0 Å². The molecule has 0 saturated carbocycles. The predicted octanol–water partition coefficient (Wildman–Crippen LogP) is 3.93. The van der Waals surface area contributed by atoms with Crippen molar-refractivity contribution in [1.82, 2.24) is 15.0 Å². The van der Waals surface area contributed by atoms with Gasteiger partial charge in [0.15, 0.2) is 0 Å². The molecule has 3 heterocycles. The highest BCUT2D eigenvalue weighted by Gasteiger charge is 2.32. The van der Waals surface area contributed by atoms with Crippen LogP contribution in [0.15, 0.2) is 59.1 Å². The van der Waals surface area contributed by atoms with E-state index in [0.717, 1.165) is 56.6 Å². The van der Waals surface area contributed by atoms with Crippen molar-refractivity contribution < 1.29 is 9.32 Å². The van der Waals surface area contributed by atoms with Crippen LogP contribution in [0.1, 0.15) is 30.7 Å². The highest BCUT2D eigenvalue weighted by Crippen LogP contribution is 2.30. The number of fused-ring (bicyclic) bond motifs is 1. The molecule has 2 aliphatic rings. The van der Waals surface area contributed by atoms with Gasteiger partial charge in [0, 0.05) is 24.3 Å². The molecule has 1 fully saturated rings. The molecule has 6 heteroatoms. The number of anilines is 1. The van der Waals surface area contributed by atoms with Crippen LogP contribution < -0.4 is 4.90 Å². The van der Waals surface area contributed by atoms with Crippen LogP contribution in [0.3, 0.4) is 0 Å². The second-order valence-electron chi connectivity index (χ2n) is 8.17. The van der Waals surface area contributed by atoms with Crippen LogP contribution in [0.25, 0.3) is 11.4 Å². The maximum Gasteiger partial charge on any atom is 0.241 e. The first kappa shape index (κ1) is 19.0. The molecule has 0 bridgehead atoms. The second kappa shape index (κ2) is 8.40. The molecule has 30 heavy (non-hydrogen) atoms. The summed E-state index contributed by atoms with van der Waals surface area (Å²) in [4.78, 5) is 22.2. The minimum Gasteiger partial charge on any atom is -0.338 e. The lowest BCUT2D eigenvalue weighted by atomic mass is 9.94. The van der Waals surface area contributed by atoms with Crippen LogP contribution in [0.2, 0.25) is 0 Å². The number of para-hydroxylation sites is 1. The van der Waals surface area contributed by atoms with E-state index >= 15 is 0 Å². The Balaban J connectivity index is 1.26. The lowest BCUT2D eigenvalue weighted by molar-refractivity contribution is -0.124. The average molecular weight is 402 g/mol. The highest BCUT2D eigenvalue weighted by molar-refractivity contribution is 5.96. The first-order valence-corrected chi connectivity index (χ1v) is 10.8. The van der Waals surface area contributed by atoms with Gasteiger partial charge in [0.2, 0.25) is 17.6 Å². The zero-order chi connectivity index (χ0) is 20.3. The highest BCUT2D eigenvalue weighted by atomic mass is 16.5. The van der Waals surface area contributed by atoms with Gasteiger partial charge in [-0.1, -0.05) is 53.7 Å². The van der Waals surface area contributed by atoms with Gasteiger partial charge in [-0.25, -0.2) is 0 Å². The molecule has 1 aromatic heterocycles. The van der Waals surface area contributed by atoms with Crippen LogP contribution in [0.4, 0.5) is 5.69 Å². The number of piperidine rings is 1. The normalized spacial score (nSPS) is 19.5. The Morgan fingerprint density at radius 1 is 1.03 bits per heavy atom. The van der Waals surface area contributed by atoms with Gasteiger partial charge in [-0.15, -0.1) is 0 Å². The van der Waals surface area contributed by atoms with Crippen LogP contribution in [0.5, 0.6) is 0 Å². The summed E-state index contributed by atoms with van der Waals surface area (Å²) in [5.41, 5.74) is 3.32. The first-order chi connectivity index (χ1) is 14.8. The van der Waals surface area contributed by atoms with Crippen molar-refractivity contribution in [2.45, 2.75) is 32.2 Å². The fourth-order valence-electron chi connectivity index (χ4n) is 4.60. The number of hydrogen-bond acceptors (Lipinski definition) is 5. The number of amides is 1. The van der Waals surface area contributed by atoms with Crippen molar-refractivity contribution in [3.63, 3.8) is 0 Å². The maximum atomic E-state index is 13.4. The molecule has 5 rings (SSSR count). The number of carbonyl (C=O) groups excluding carboxylic acids is 1. The van der Waals surface area contributed by atoms with Crippen molar-refractivity contribution in [3.8, 4) is 11.4 Å². The number of hydrogen-bond donors (Lipinski definition) is 0. The van der Waals surface area contributed by atoms with E-state index in [-0.39, 0.29) is 11.8 Å². The van der Waals surface area contributed by atoms with E-state index in [1.54, 1.807) is 0 Å². The van der Waals surface area contributed by atoms with E-state index < -0.39 is 0 Å². The van der Waals surface area contributed by atoms with E-state index in [1.807, 2.05) is 41.3 Å². The fraction of sp³-hybridized carbons (Fsp3) is 0.375. The number of aromatic nitrogens is 2. The summed E-state index contributed by atoms with van der Waals surface area (Å²) in [6, 6.07) is 18.1. The Bertz CT molecular complexity index is 1020. The summed E-state index contributed by atoms with van der Waals surface area (Å²) in [6.07, 6.45) is 4.03. The number of aryl methyl sites for hydroxylation is 1. The lowest BCUT2D eigenvalue weighted by Crippen LogP contribution is -2.46. The molecule has 0 spiro atoms. The van der Waals surface area contributed by atoms with Gasteiger partial charge in [0.05, 0.1) is 12.5 Å². The van der Waals surface area contributed by atoms with E-state index in [2.05, 4.69) is 33.2 Å². The molecule has 6 nitrogen and oxygen atoms in total. The van der Waals surface area contributed by atoms with Crippen molar-refractivity contribution in [1.29, 1.82) is 0 Å². The summed E-state index contributed by atoms with van der Waals surface area (Å²) >= 11 is 0. The number of likely N-dealkylation sites (tertiary alicyclic amines) is 1. The van der Waals surface area contributed by atoms with E-state index in [0.29, 0.717) is 18.3 Å². The summed E-state index contributed by atoms with van der Waals surface area (Å²) < 4.78 is 5.48. The molecule has 1 unspecified atom stereocenters. The molecule has 154 valence electrons. The molecule has 0 radical (unpaired) electrons. The minimum absolute atomic E-state index is 0.0152. The Kier molecular flexibility index (Phi) is 5.32. The molecule has 1 atom stereocenters. The lowest BCUT2D eigenvalue weighted by Gasteiger charge is -2.36. The summed E-state index contributed by atoms with van der Waals surface area (Å²) in [5.74, 6) is 1.48. The summed E-state index contributed by atoms with van der Waals surface area (Å²) in [7, 11) is 0. The number of carbonyl (C=O) groups is 1. The Hall–Kier alpha value is -2.99. The molecule has 0 N–H and O–H groups in total. The zero-order valence-electron chi connectivity index (χ0n) is 17.0. The number of rotatable bonds is 4. The second-order valence-corrected chi connectivity index (χ2v) is 8.17. The topological polar surface area (TPSA) is 62.5 Å². The molecule has 0 aliphatic carbocycles. The van der Waals surface area contributed by atoms with Gasteiger partial charge < -0.3 is 9.42 Å². The van der Waals surface area contributed by atoms with Crippen molar-refractivity contribution in [3.05, 3.63) is 66.1 Å². The summed E-state index contributed by atoms with van der Waals surface area (Å²) in [6.45, 7) is 3.08. The summed E-state index contributed by atoms with van der Waals surface area (Å²) in [5, 5.41) is 4.12. The largest absolute Gasteiger partial charge is 0.338 e. The molecular weight excluding hydrogens is 376 g/mol. The Morgan fingerprint density at radius 2 is 1.87 bits per heavy atom. The smallest absolute Gasteiger partial charge is 0.241 e. The zero-order valence-corrected chi connectivity index (χ0v) is 17.0. The van der Waals surface area contributed by atoms with Crippen LogP contribution in [-0.4, -0.2) is 40.6 Å². The fourth-order valence-corrected chi connectivity index (χ4v) is 4.60. The van der Waals surface area contributed by atoms with Gasteiger partial charge in [-0.05, 0) is 43.9 Å². The predicted molar refractivity (Wildman–Crippen MR) is 115 cm³/mol. The van der Waals surface area contributed by atoms with E-state index in [9.17, 15) is 4.79 Å². The van der Waals surface area contributed by atoms with E-state index in [4.69, 9.17) is 4.52 Å². The van der Waals surface area contributed by atoms with Gasteiger partial charge in [-0.3, -0.25) is 9.69 Å². The van der Waals surface area contributed by atoms with Gasteiger partial charge in [0.1, 0.15) is 0 Å². The monoisotopic (exact) mass is 402 g/mol. The number of nitrogens with zero attached hydrogens (tertiary/aromatic N) is 4. The van der Waals surface area contributed by atoms with Crippen molar-refractivity contribution in [2.24, 2.45) is 5.92 Å². The molecule has 2 aliphatic heterocycles. The molecule has 2 aromatic carbocycles. The third kappa shape index (κ3) is 3.87. The molecule has 3 aromatic rings. The Morgan fingerprint density at radius 3 is 2.77 bits per heavy atom. The first-order valence-electron chi connectivity index (χ1n) is 10.8. The van der Waals surface area contributed by atoms with Gasteiger partial charge in [-0.2, -0.15) is 4.98 Å². The number of benzene rings is 2. The SMILES string of the molecule is O=C(C1CCCN(Cc2nc(-c3ccccc3)no2)C1)N1CCCc2ccccc21. The molecule has 1 amide bonds. The maximum absolute atomic E-state index is 13.4. The van der Waals surface area contributed by atoms with Crippen molar-refractivity contribution >= 4 is 11.6 Å². The molecular formula is C24H26N4O2. The van der Waals surface area contributed by atoms with E-state index in [1.165, 1.54) is 5.56 Å². The average Bonchev–Trinajstić information content (AvgIpc) is 3.27. The molecule has 1 saturated heterocycles. The minimum atomic E-state index is 0.0152.